The van der Waals surface area contributed by atoms with Gasteiger partial charge in [-0.2, -0.15) is 13.1 Å². The Balaban J connectivity index is 1.56. The highest BCUT2D eigenvalue weighted by Crippen LogP contribution is 2.30. The van der Waals surface area contributed by atoms with Gasteiger partial charge in [0.15, 0.2) is 11.5 Å². The molecule has 1 saturated heterocycles. The van der Waals surface area contributed by atoms with E-state index in [4.69, 9.17) is 9.47 Å². The number of amides is 1. The van der Waals surface area contributed by atoms with E-state index in [0.29, 0.717) is 38.3 Å². The van der Waals surface area contributed by atoms with Crippen LogP contribution in [0.3, 0.4) is 0 Å². The molecule has 0 aliphatic carbocycles. The van der Waals surface area contributed by atoms with E-state index in [1.165, 1.54) is 28.4 Å². The van der Waals surface area contributed by atoms with Crippen molar-refractivity contribution in [3.8, 4) is 11.5 Å². The second kappa shape index (κ2) is 11.6. The Morgan fingerprint density at radius 1 is 1.09 bits per heavy atom. The molecule has 0 aromatic heterocycles. The lowest BCUT2D eigenvalue weighted by Crippen LogP contribution is -2.40. The first kappa shape index (κ1) is 25.9. The summed E-state index contributed by atoms with van der Waals surface area (Å²) < 4.78 is 66.8. The second-order valence-electron chi connectivity index (χ2n) is 7.77. The topological polar surface area (TPSA) is 85.4 Å². The first-order valence-electron chi connectivity index (χ1n) is 10.7. The van der Waals surface area contributed by atoms with Gasteiger partial charge in [0.2, 0.25) is 15.9 Å². The molecule has 0 spiro atoms. The third kappa shape index (κ3) is 6.64. The van der Waals surface area contributed by atoms with Gasteiger partial charge < -0.3 is 19.1 Å². The van der Waals surface area contributed by atoms with Crippen molar-refractivity contribution in [2.24, 2.45) is 0 Å². The number of carbonyl (C=O) groups is 1. The number of morpholine rings is 1. The zero-order chi connectivity index (χ0) is 24.7. The van der Waals surface area contributed by atoms with Crippen LogP contribution in [0.25, 0.3) is 0 Å². The molecule has 1 fully saturated rings. The number of hydrogen-bond donors (Lipinski definition) is 0. The highest BCUT2D eigenvalue weighted by atomic mass is 32.2. The van der Waals surface area contributed by atoms with Gasteiger partial charge in [0.25, 0.3) is 0 Å². The van der Waals surface area contributed by atoms with Crippen molar-refractivity contribution in [1.29, 1.82) is 0 Å². The van der Waals surface area contributed by atoms with E-state index >= 15 is 0 Å². The molecule has 0 unspecified atom stereocenters. The monoisotopic (exact) mass is 498 g/mol. The van der Waals surface area contributed by atoms with Crippen molar-refractivity contribution in [3.63, 3.8) is 0 Å². The van der Waals surface area contributed by atoms with E-state index in [-0.39, 0.29) is 35.3 Å². The van der Waals surface area contributed by atoms with Crippen LogP contribution in [0.5, 0.6) is 11.5 Å². The highest BCUT2D eigenvalue weighted by Gasteiger charge is 2.26. The third-order valence-electron chi connectivity index (χ3n) is 5.45. The molecule has 34 heavy (non-hydrogen) atoms. The quantitative estimate of drug-likeness (QED) is 0.501. The van der Waals surface area contributed by atoms with Crippen molar-refractivity contribution < 1.29 is 36.2 Å². The number of aryl methyl sites for hydroxylation is 1. The third-order valence-corrected chi connectivity index (χ3v) is 7.36. The summed E-state index contributed by atoms with van der Waals surface area (Å²) in [7, 11) is -0.584. The second-order valence-corrected chi connectivity index (χ2v) is 9.71. The van der Waals surface area contributed by atoms with E-state index in [2.05, 4.69) is 4.74 Å². The Kier molecular flexibility index (Phi) is 8.81. The average Bonchev–Trinajstić information content (AvgIpc) is 2.83. The minimum atomic E-state index is -3.56. The van der Waals surface area contributed by atoms with E-state index in [9.17, 15) is 22.0 Å². The first-order valence-corrected chi connectivity index (χ1v) is 12.2. The molecule has 1 amide bonds. The Hall–Kier alpha value is -2.76. The number of alkyl halides is 2. The van der Waals surface area contributed by atoms with Gasteiger partial charge in [-0.25, -0.2) is 8.42 Å². The molecule has 0 saturated carbocycles. The van der Waals surface area contributed by atoms with Crippen molar-refractivity contribution >= 4 is 15.9 Å². The minimum absolute atomic E-state index is 0.0945. The maximum atomic E-state index is 12.7. The van der Waals surface area contributed by atoms with Crippen molar-refractivity contribution in [2.45, 2.75) is 30.9 Å². The fourth-order valence-corrected chi connectivity index (χ4v) is 4.98. The molecule has 3 rings (SSSR count). The van der Waals surface area contributed by atoms with Gasteiger partial charge in [0, 0.05) is 33.1 Å². The number of methoxy groups -OCH3 is 1. The minimum Gasteiger partial charge on any atom is -0.493 e. The smallest absolute Gasteiger partial charge is 0.387 e. The molecule has 0 bridgehead atoms. The predicted octanol–water partition coefficient (Wildman–Crippen LogP) is 2.91. The zero-order valence-corrected chi connectivity index (χ0v) is 19.9. The van der Waals surface area contributed by atoms with Crippen LogP contribution in [-0.4, -0.2) is 70.6 Å². The maximum Gasteiger partial charge on any atom is 0.387 e. The van der Waals surface area contributed by atoms with Crippen molar-refractivity contribution in [1.82, 2.24) is 9.21 Å². The number of hydrogen-bond acceptors (Lipinski definition) is 6. The van der Waals surface area contributed by atoms with E-state index in [1.807, 2.05) is 0 Å². The number of nitrogens with zero attached hydrogens (tertiary/aromatic N) is 2. The lowest BCUT2D eigenvalue weighted by molar-refractivity contribution is -0.130. The average molecular weight is 499 g/mol. The standard InChI is InChI=1S/C23H28F2N2O6S/c1-26(16-18-5-9-20(31-2)21(15-18)33-23(24)25)22(28)10-6-17-3-7-19(8-4-17)34(29,30)27-11-13-32-14-12-27/h3-5,7-9,15,23H,6,10-14,16H2,1-2H3. The summed E-state index contributed by atoms with van der Waals surface area (Å²) in [4.78, 5) is 14.3. The summed E-state index contributed by atoms with van der Waals surface area (Å²) in [6.07, 6.45) is 0.645. The molecule has 8 nitrogen and oxygen atoms in total. The Morgan fingerprint density at radius 2 is 1.74 bits per heavy atom. The number of benzene rings is 2. The molecular formula is C23H28F2N2O6S. The summed E-state index contributed by atoms with van der Waals surface area (Å²) in [6, 6.07) is 11.1. The normalized spacial score (nSPS) is 14.7. The van der Waals surface area contributed by atoms with Crippen molar-refractivity contribution in [2.75, 3.05) is 40.5 Å². The molecule has 2 aromatic rings. The van der Waals surface area contributed by atoms with Gasteiger partial charge in [-0.05, 0) is 41.8 Å². The van der Waals surface area contributed by atoms with Crippen LogP contribution in [0.2, 0.25) is 0 Å². The Morgan fingerprint density at radius 3 is 2.35 bits per heavy atom. The summed E-state index contributed by atoms with van der Waals surface area (Å²) in [5, 5.41) is 0. The zero-order valence-electron chi connectivity index (χ0n) is 19.1. The molecule has 0 radical (unpaired) electrons. The van der Waals surface area contributed by atoms with Crippen LogP contribution < -0.4 is 9.47 Å². The van der Waals surface area contributed by atoms with Crippen LogP contribution in [0.1, 0.15) is 17.5 Å². The van der Waals surface area contributed by atoms with E-state index < -0.39 is 16.6 Å². The fraction of sp³-hybridized carbons (Fsp3) is 0.435. The molecule has 0 N–H and O–H groups in total. The summed E-state index contributed by atoms with van der Waals surface area (Å²) in [6.45, 7) is -1.37. The first-order chi connectivity index (χ1) is 16.2. The van der Waals surface area contributed by atoms with Gasteiger partial charge in [0.05, 0.1) is 25.2 Å². The highest BCUT2D eigenvalue weighted by molar-refractivity contribution is 7.89. The van der Waals surface area contributed by atoms with Crippen molar-refractivity contribution in [3.05, 3.63) is 53.6 Å². The van der Waals surface area contributed by atoms with Gasteiger partial charge in [0.1, 0.15) is 0 Å². The SMILES string of the molecule is COc1ccc(CN(C)C(=O)CCc2ccc(S(=O)(=O)N3CCOCC3)cc2)cc1OC(F)F. The number of sulfonamides is 1. The Bertz CT molecular complexity index is 1070. The van der Waals surface area contributed by atoms with Gasteiger partial charge in [-0.1, -0.05) is 18.2 Å². The van der Waals surface area contributed by atoms with Gasteiger partial charge in [-0.15, -0.1) is 0 Å². The van der Waals surface area contributed by atoms with Crippen LogP contribution >= 0.6 is 0 Å². The van der Waals surface area contributed by atoms with Gasteiger partial charge in [-0.3, -0.25) is 4.79 Å². The largest absolute Gasteiger partial charge is 0.493 e. The van der Waals surface area contributed by atoms with Crippen LogP contribution in [0.4, 0.5) is 8.78 Å². The summed E-state index contributed by atoms with van der Waals surface area (Å²) >= 11 is 0. The summed E-state index contributed by atoms with van der Waals surface area (Å²) in [5.41, 5.74) is 1.45. The number of ether oxygens (including phenoxy) is 3. The fourth-order valence-electron chi connectivity index (χ4n) is 3.58. The molecule has 186 valence electrons. The number of rotatable bonds is 10. The molecule has 0 atom stereocenters. The molecule has 1 heterocycles. The van der Waals surface area contributed by atoms with Crippen LogP contribution in [0.15, 0.2) is 47.4 Å². The molecule has 1 aliphatic rings. The lowest BCUT2D eigenvalue weighted by atomic mass is 10.1. The molecule has 11 heteroatoms. The van der Waals surface area contributed by atoms with Gasteiger partial charge >= 0.3 is 6.61 Å². The van der Waals surface area contributed by atoms with Crippen LogP contribution in [-0.2, 0) is 32.5 Å². The molecule has 1 aliphatic heterocycles. The lowest BCUT2D eigenvalue weighted by Gasteiger charge is -2.26. The number of carbonyl (C=O) groups excluding carboxylic acids is 1. The molecule has 2 aromatic carbocycles. The Labute approximate surface area is 198 Å². The number of halogens is 2. The maximum absolute atomic E-state index is 12.7. The van der Waals surface area contributed by atoms with E-state index in [0.717, 1.165) is 5.56 Å². The van der Waals surface area contributed by atoms with Crippen LogP contribution in [0, 0.1) is 0 Å². The summed E-state index contributed by atoms with van der Waals surface area (Å²) in [5.74, 6) is -0.0581. The molecular weight excluding hydrogens is 470 g/mol. The van der Waals surface area contributed by atoms with E-state index in [1.54, 1.807) is 37.4 Å². The predicted molar refractivity (Wildman–Crippen MR) is 120 cm³/mol.